The molecule has 1 rings (SSSR count). The van der Waals surface area contributed by atoms with E-state index in [-0.39, 0.29) is 12.2 Å². The zero-order chi connectivity index (χ0) is 15.4. The molecule has 1 aliphatic rings. The standard InChI is InChI=1S/C12H21N3O4S/c1-12(2,10-13)14-5-7-15(8-6-14)20(17,18)9-4-11(16)19-3/h4-9H2,1-3H3. The minimum atomic E-state index is -3.44. The SMILES string of the molecule is COC(=O)CCS(=O)(=O)N1CCN(C(C)(C)C#N)CC1. The number of hydrogen-bond donors (Lipinski definition) is 0. The number of nitrogens with zero attached hydrogens (tertiary/aromatic N) is 3. The first-order chi connectivity index (χ1) is 9.23. The quantitative estimate of drug-likeness (QED) is 0.653. The van der Waals surface area contributed by atoms with E-state index in [1.165, 1.54) is 11.4 Å². The van der Waals surface area contributed by atoms with Crippen LogP contribution >= 0.6 is 0 Å². The number of ether oxygens (including phenoxy) is 1. The summed E-state index contributed by atoms with van der Waals surface area (Å²) in [6.45, 7) is 5.34. The number of rotatable bonds is 5. The van der Waals surface area contributed by atoms with Crippen LogP contribution in [0.4, 0.5) is 0 Å². The molecule has 1 fully saturated rings. The molecule has 114 valence electrons. The summed E-state index contributed by atoms with van der Waals surface area (Å²) >= 11 is 0. The largest absolute Gasteiger partial charge is 0.469 e. The smallest absolute Gasteiger partial charge is 0.306 e. The molecule has 0 aromatic heterocycles. The van der Waals surface area contributed by atoms with E-state index in [2.05, 4.69) is 10.8 Å². The van der Waals surface area contributed by atoms with Gasteiger partial charge in [-0.3, -0.25) is 9.69 Å². The van der Waals surface area contributed by atoms with Gasteiger partial charge in [0, 0.05) is 26.2 Å². The van der Waals surface area contributed by atoms with Gasteiger partial charge in [-0.25, -0.2) is 8.42 Å². The molecule has 1 heterocycles. The van der Waals surface area contributed by atoms with Crippen LogP contribution < -0.4 is 0 Å². The fourth-order valence-corrected chi connectivity index (χ4v) is 3.44. The van der Waals surface area contributed by atoms with Crippen molar-refractivity contribution in [2.24, 2.45) is 0 Å². The molecular formula is C12H21N3O4S. The highest BCUT2D eigenvalue weighted by molar-refractivity contribution is 7.89. The van der Waals surface area contributed by atoms with Crippen molar-refractivity contribution >= 4 is 16.0 Å². The zero-order valence-electron chi connectivity index (χ0n) is 12.1. The molecule has 0 bridgehead atoms. The maximum atomic E-state index is 12.1. The predicted octanol–water partition coefficient (Wildman–Crippen LogP) is -0.201. The van der Waals surface area contributed by atoms with Gasteiger partial charge in [0.15, 0.2) is 0 Å². The molecule has 1 saturated heterocycles. The maximum Gasteiger partial charge on any atom is 0.306 e. The van der Waals surface area contributed by atoms with Crippen molar-refractivity contribution in [3.05, 3.63) is 0 Å². The van der Waals surface area contributed by atoms with Gasteiger partial charge >= 0.3 is 5.97 Å². The average molecular weight is 303 g/mol. The molecule has 20 heavy (non-hydrogen) atoms. The number of nitriles is 1. The highest BCUT2D eigenvalue weighted by Gasteiger charge is 2.33. The van der Waals surface area contributed by atoms with E-state index in [1.807, 2.05) is 18.7 Å². The lowest BCUT2D eigenvalue weighted by atomic mass is 10.0. The summed E-state index contributed by atoms with van der Waals surface area (Å²) in [7, 11) is -2.21. The lowest BCUT2D eigenvalue weighted by molar-refractivity contribution is -0.140. The third-order valence-electron chi connectivity index (χ3n) is 3.49. The lowest BCUT2D eigenvalue weighted by Gasteiger charge is -2.39. The summed E-state index contributed by atoms with van der Waals surface area (Å²) < 4.78 is 30.0. The van der Waals surface area contributed by atoms with Gasteiger partial charge in [0.2, 0.25) is 10.0 Å². The number of esters is 1. The molecule has 0 aliphatic carbocycles. The molecule has 0 radical (unpaired) electrons. The van der Waals surface area contributed by atoms with Crippen molar-refractivity contribution in [2.75, 3.05) is 39.0 Å². The third kappa shape index (κ3) is 4.16. The summed E-state index contributed by atoms with van der Waals surface area (Å²) in [6.07, 6.45) is -0.136. The monoisotopic (exact) mass is 303 g/mol. The Hall–Kier alpha value is -1.17. The van der Waals surface area contributed by atoms with Crippen LogP contribution in [0.3, 0.4) is 0 Å². The van der Waals surface area contributed by atoms with E-state index in [0.717, 1.165) is 0 Å². The normalized spacial score (nSPS) is 18.5. The molecule has 0 spiro atoms. The van der Waals surface area contributed by atoms with Crippen molar-refractivity contribution in [3.63, 3.8) is 0 Å². The van der Waals surface area contributed by atoms with Gasteiger partial charge in [-0.15, -0.1) is 0 Å². The molecule has 0 aromatic carbocycles. The van der Waals surface area contributed by atoms with E-state index >= 15 is 0 Å². The third-order valence-corrected chi connectivity index (χ3v) is 5.36. The number of methoxy groups -OCH3 is 1. The Morgan fingerprint density at radius 1 is 1.30 bits per heavy atom. The van der Waals surface area contributed by atoms with Crippen LogP contribution in [0, 0.1) is 11.3 Å². The summed E-state index contributed by atoms with van der Waals surface area (Å²) in [5.74, 6) is -0.765. The van der Waals surface area contributed by atoms with Crippen molar-refractivity contribution in [1.29, 1.82) is 5.26 Å². The minimum absolute atomic E-state index is 0.136. The Kier molecular flexibility index (Phi) is 5.50. The van der Waals surface area contributed by atoms with Crippen LogP contribution in [0.25, 0.3) is 0 Å². The Morgan fingerprint density at radius 2 is 1.85 bits per heavy atom. The van der Waals surface area contributed by atoms with Crippen LogP contribution in [0.5, 0.6) is 0 Å². The summed E-state index contributed by atoms with van der Waals surface area (Å²) in [4.78, 5) is 13.0. The molecule has 7 nitrogen and oxygen atoms in total. The molecule has 0 atom stereocenters. The lowest BCUT2D eigenvalue weighted by Crippen LogP contribution is -2.55. The Balaban J connectivity index is 2.57. The number of piperazine rings is 1. The van der Waals surface area contributed by atoms with E-state index in [0.29, 0.717) is 26.2 Å². The topological polar surface area (TPSA) is 90.7 Å². The van der Waals surface area contributed by atoms with Crippen LogP contribution in [0.1, 0.15) is 20.3 Å². The van der Waals surface area contributed by atoms with Gasteiger partial charge in [0.25, 0.3) is 0 Å². The maximum absolute atomic E-state index is 12.1. The number of hydrogen-bond acceptors (Lipinski definition) is 6. The Labute approximate surface area is 120 Å². The van der Waals surface area contributed by atoms with E-state index < -0.39 is 21.5 Å². The molecule has 0 N–H and O–H groups in total. The van der Waals surface area contributed by atoms with Crippen LogP contribution in [0.15, 0.2) is 0 Å². The Bertz CT molecular complexity index is 487. The van der Waals surface area contributed by atoms with E-state index in [4.69, 9.17) is 5.26 Å². The highest BCUT2D eigenvalue weighted by atomic mass is 32.2. The van der Waals surface area contributed by atoms with Crippen molar-refractivity contribution < 1.29 is 17.9 Å². The van der Waals surface area contributed by atoms with Gasteiger partial charge in [-0.1, -0.05) is 0 Å². The molecular weight excluding hydrogens is 282 g/mol. The summed E-state index contributed by atoms with van der Waals surface area (Å²) in [5.41, 5.74) is -0.595. The molecule has 0 saturated carbocycles. The Morgan fingerprint density at radius 3 is 2.30 bits per heavy atom. The zero-order valence-corrected chi connectivity index (χ0v) is 12.9. The first-order valence-corrected chi connectivity index (χ1v) is 8.05. The fraction of sp³-hybridized carbons (Fsp3) is 0.833. The molecule has 0 amide bonds. The van der Waals surface area contributed by atoms with Gasteiger partial charge in [-0.05, 0) is 13.8 Å². The summed E-state index contributed by atoms with van der Waals surface area (Å²) in [5, 5.41) is 9.07. The second-order valence-corrected chi connectivity index (χ2v) is 7.29. The molecule has 1 aliphatic heterocycles. The summed E-state index contributed by atoms with van der Waals surface area (Å²) in [6, 6.07) is 2.21. The van der Waals surface area contributed by atoms with Crippen molar-refractivity contribution in [2.45, 2.75) is 25.8 Å². The highest BCUT2D eigenvalue weighted by Crippen LogP contribution is 2.17. The first kappa shape index (κ1) is 16.9. The number of carbonyl (C=O) groups excluding carboxylic acids is 1. The fourth-order valence-electron chi connectivity index (χ4n) is 2.04. The van der Waals surface area contributed by atoms with Crippen LogP contribution in [-0.4, -0.2) is 68.2 Å². The van der Waals surface area contributed by atoms with Crippen LogP contribution in [0.2, 0.25) is 0 Å². The molecule has 0 aromatic rings. The second kappa shape index (κ2) is 6.52. The average Bonchev–Trinajstić information content (AvgIpc) is 2.45. The van der Waals surface area contributed by atoms with E-state index in [1.54, 1.807) is 0 Å². The first-order valence-electron chi connectivity index (χ1n) is 6.44. The van der Waals surface area contributed by atoms with Crippen molar-refractivity contribution in [1.82, 2.24) is 9.21 Å². The van der Waals surface area contributed by atoms with Gasteiger partial charge in [0.1, 0.15) is 5.54 Å². The van der Waals surface area contributed by atoms with Crippen molar-refractivity contribution in [3.8, 4) is 6.07 Å². The minimum Gasteiger partial charge on any atom is -0.469 e. The molecule has 8 heteroatoms. The number of carbonyl (C=O) groups is 1. The second-order valence-electron chi connectivity index (χ2n) is 5.20. The van der Waals surface area contributed by atoms with E-state index in [9.17, 15) is 13.2 Å². The van der Waals surface area contributed by atoms with Gasteiger partial charge < -0.3 is 4.74 Å². The number of sulfonamides is 1. The predicted molar refractivity (Wildman–Crippen MR) is 73.3 cm³/mol. The van der Waals surface area contributed by atoms with Gasteiger partial charge in [-0.2, -0.15) is 9.57 Å². The molecule has 0 unspecified atom stereocenters. The van der Waals surface area contributed by atoms with Gasteiger partial charge in [0.05, 0.1) is 25.4 Å². The van der Waals surface area contributed by atoms with Crippen LogP contribution in [-0.2, 0) is 19.6 Å².